The van der Waals surface area contributed by atoms with Gasteiger partial charge in [0.2, 0.25) is 11.8 Å². The molecule has 3 fully saturated rings. The van der Waals surface area contributed by atoms with Gasteiger partial charge in [0.15, 0.2) is 11.5 Å². The Labute approximate surface area is 174 Å². The smallest absolute Gasteiger partial charge is 0.240 e. The third kappa shape index (κ3) is 2.59. The van der Waals surface area contributed by atoms with E-state index in [2.05, 4.69) is 5.10 Å². The first-order chi connectivity index (χ1) is 14.4. The highest BCUT2D eigenvalue weighted by Gasteiger charge is 2.63. The fraction of sp³-hybridized carbons (Fsp3) is 0.500. The summed E-state index contributed by atoms with van der Waals surface area (Å²) in [6.45, 7) is 4.23. The molecule has 0 spiro atoms. The normalized spacial score (nSPS) is 27.1. The number of aryl methyl sites for hydroxylation is 1. The number of aromatic nitrogens is 2. The van der Waals surface area contributed by atoms with Crippen molar-refractivity contribution in [2.24, 2.45) is 11.8 Å². The first kappa shape index (κ1) is 19.1. The Morgan fingerprint density at radius 3 is 2.27 bits per heavy atom. The van der Waals surface area contributed by atoms with Crippen molar-refractivity contribution < 1.29 is 23.8 Å². The fourth-order valence-corrected chi connectivity index (χ4v) is 5.25. The Morgan fingerprint density at radius 1 is 1.03 bits per heavy atom. The van der Waals surface area contributed by atoms with Crippen LogP contribution in [0.15, 0.2) is 18.2 Å². The molecule has 0 radical (unpaired) electrons. The summed E-state index contributed by atoms with van der Waals surface area (Å²) in [4.78, 5) is 27.7. The summed E-state index contributed by atoms with van der Waals surface area (Å²) >= 11 is 0. The van der Waals surface area contributed by atoms with E-state index in [9.17, 15) is 9.59 Å². The van der Waals surface area contributed by atoms with Gasteiger partial charge in [-0.25, -0.2) is 4.90 Å². The minimum absolute atomic E-state index is 0.121. The van der Waals surface area contributed by atoms with Crippen molar-refractivity contribution in [3.63, 3.8) is 0 Å². The molecule has 2 aromatic rings. The molecule has 158 valence electrons. The average Bonchev–Trinajstić information content (AvgIpc) is 3.47. The van der Waals surface area contributed by atoms with E-state index in [1.807, 2.05) is 36.7 Å². The molecule has 8 nitrogen and oxygen atoms in total. The van der Waals surface area contributed by atoms with Crippen molar-refractivity contribution in [1.29, 1.82) is 0 Å². The van der Waals surface area contributed by atoms with Crippen LogP contribution in [0.3, 0.4) is 0 Å². The summed E-state index contributed by atoms with van der Waals surface area (Å²) < 4.78 is 18.3. The van der Waals surface area contributed by atoms with Gasteiger partial charge >= 0.3 is 0 Å². The predicted molar refractivity (Wildman–Crippen MR) is 108 cm³/mol. The van der Waals surface area contributed by atoms with Crippen LogP contribution in [0.25, 0.3) is 0 Å². The molecule has 3 aliphatic heterocycles. The van der Waals surface area contributed by atoms with E-state index in [1.165, 1.54) is 4.90 Å². The van der Waals surface area contributed by atoms with Crippen LogP contribution in [0.4, 0.5) is 5.69 Å². The number of fused-ring (bicyclic) bond motifs is 5. The number of imide groups is 1. The van der Waals surface area contributed by atoms with Crippen LogP contribution in [-0.4, -0.2) is 48.0 Å². The van der Waals surface area contributed by atoms with Gasteiger partial charge < -0.3 is 14.2 Å². The highest BCUT2D eigenvalue weighted by Crippen LogP contribution is 2.50. The van der Waals surface area contributed by atoms with Gasteiger partial charge in [0.1, 0.15) is 0 Å². The molecule has 8 heteroatoms. The van der Waals surface area contributed by atoms with Crippen LogP contribution in [0.1, 0.15) is 29.8 Å². The first-order valence-electron chi connectivity index (χ1n) is 10.2. The predicted octanol–water partition coefficient (Wildman–Crippen LogP) is 2.23. The van der Waals surface area contributed by atoms with Gasteiger partial charge in [-0.05, 0) is 44.4 Å². The molecule has 2 bridgehead atoms. The maximum atomic E-state index is 13.2. The van der Waals surface area contributed by atoms with Crippen LogP contribution >= 0.6 is 0 Å². The monoisotopic (exact) mass is 411 g/mol. The van der Waals surface area contributed by atoms with Crippen molar-refractivity contribution >= 4 is 17.5 Å². The molecule has 4 heterocycles. The van der Waals surface area contributed by atoms with Crippen molar-refractivity contribution in [2.45, 2.75) is 45.4 Å². The first-order valence-corrected chi connectivity index (χ1v) is 10.2. The van der Waals surface area contributed by atoms with Crippen LogP contribution < -0.4 is 14.4 Å². The Balaban J connectivity index is 1.46. The second kappa shape index (κ2) is 6.84. The fourth-order valence-electron chi connectivity index (χ4n) is 5.25. The third-order valence-electron chi connectivity index (χ3n) is 6.63. The van der Waals surface area contributed by atoms with Gasteiger partial charge in [-0.3, -0.25) is 14.3 Å². The lowest BCUT2D eigenvalue weighted by Gasteiger charge is -2.18. The summed E-state index contributed by atoms with van der Waals surface area (Å²) in [5.74, 6) is 0.327. The molecule has 0 saturated carbocycles. The van der Waals surface area contributed by atoms with Crippen LogP contribution in [0, 0.1) is 25.7 Å². The Kier molecular flexibility index (Phi) is 4.36. The number of carbonyl (C=O) groups is 2. The van der Waals surface area contributed by atoms with Gasteiger partial charge in [-0.1, -0.05) is 6.07 Å². The number of ether oxygens (including phenoxy) is 3. The van der Waals surface area contributed by atoms with Crippen LogP contribution in [-0.2, 0) is 20.9 Å². The van der Waals surface area contributed by atoms with E-state index in [-0.39, 0.29) is 35.9 Å². The molecule has 0 N–H and O–H groups in total. The zero-order chi connectivity index (χ0) is 21.2. The molecule has 1 aromatic carbocycles. The number of hydrogen-bond acceptors (Lipinski definition) is 6. The zero-order valence-corrected chi connectivity index (χ0v) is 17.5. The highest BCUT2D eigenvalue weighted by atomic mass is 16.5. The van der Waals surface area contributed by atoms with E-state index < -0.39 is 0 Å². The lowest BCUT2D eigenvalue weighted by atomic mass is 9.81. The molecular formula is C22H25N3O5. The van der Waals surface area contributed by atoms with Gasteiger partial charge in [0.25, 0.3) is 0 Å². The van der Waals surface area contributed by atoms with Gasteiger partial charge in [-0.15, -0.1) is 0 Å². The van der Waals surface area contributed by atoms with Crippen molar-refractivity contribution in [3.05, 3.63) is 35.2 Å². The Bertz CT molecular complexity index is 1020. The molecule has 4 unspecified atom stereocenters. The number of carbonyl (C=O) groups excluding carboxylic acids is 2. The molecular weight excluding hydrogens is 386 g/mol. The quantitative estimate of drug-likeness (QED) is 0.702. The largest absolute Gasteiger partial charge is 0.493 e. The molecule has 3 saturated heterocycles. The third-order valence-corrected chi connectivity index (χ3v) is 6.63. The number of methoxy groups -OCH3 is 2. The summed E-state index contributed by atoms with van der Waals surface area (Å²) in [6, 6.07) is 5.70. The number of hydrogen-bond donors (Lipinski definition) is 0. The molecule has 30 heavy (non-hydrogen) atoms. The molecule has 3 aliphatic rings. The summed E-state index contributed by atoms with van der Waals surface area (Å²) in [5, 5.41) is 4.63. The van der Waals surface area contributed by atoms with Gasteiger partial charge in [-0.2, -0.15) is 5.10 Å². The maximum absolute atomic E-state index is 13.2. The Morgan fingerprint density at radius 2 is 1.67 bits per heavy atom. The Hall–Kier alpha value is -2.87. The minimum atomic E-state index is -0.343. The number of nitrogens with zero attached hydrogens (tertiary/aromatic N) is 3. The molecule has 5 rings (SSSR count). The zero-order valence-electron chi connectivity index (χ0n) is 17.5. The molecule has 0 aliphatic carbocycles. The van der Waals surface area contributed by atoms with Gasteiger partial charge in [0, 0.05) is 0 Å². The lowest BCUT2D eigenvalue weighted by molar-refractivity contribution is -0.124. The highest BCUT2D eigenvalue weighted by molar-refractivity contribution is 6.23. The second-order valence-electron chi connectivity index (χ2n) is 8.22. The minimum Gasteiger partial charge on any atom is -0.493 e. The van der Waals surface area contributed by atoms with E-state index >= 15 is 0 Å². The second-order valence-corrected chi connectivity index (χ2v) is 8.22. The summed E-state index contributed by atoms with van der Waals surface area (Å²) in [7, 11) is 3.20. The lowest BCUT2D eigenvalue weighted by Crippen LogP contribution is -2.35. The maximum Gasteiger partial charge on any atom is 0.240 e. The van der Waals surface area contributed by atoms with Crippen molar-refractivity contribution in [2.75, 3.05) is 19.1 Å². The van der Waals surface area contributed by atoms with E-state index in [4.69, 9.17) is 14.2 Å². The summed E-state index contributed by atoms with van der Waals surface area (Å²) in [6.07, 6.45) is 1.47. The number of rotatable bonds is 5. The number of benzene rings is 1. The summed E-state index contributed by atoms with van der Waals surface area (Å²) in [5.41, 5.74) is 3.05. The average molecular weight is 411 g/mol. The molecule has 2 amide bonds. The standard InChI is InChI=1S/C22H25N3O5/c1-11-20(25-21(26)18-15-7-8-16(30-15)19(18)22(25)27)12(2)24(23-11)10-13-5-6-14(28-3)17(9-13)29-4/h5-6,9,15-16,18-19H,7-8,10H2,1-4H3. The van der Waals surface area contributed by atoms with E-state index in [0.29, 0.717) is 29.4 Å². The van der Waals surface area contributed by atoms with Crippen molar-refractivity contribution in [1.82, 2.24) is 9.78 Å². The van der Waals surface area contributed by atoms with Gasteiger partial charge in [0.05, 0.1) is 61.9 Å². The van der Waals surface area contributed by atoms with Crippen molar-refractivity contribution in [3.8, 4) is 11.5 Å². The SMILES string of the molecule is COc1ccc(Cn2nc(C)c(N3C(=O)C4C5CCC(O5)C4C3=O)c2C)cc1OC. The molecule has 1 aromatic heterocycles. The van der Waals surface area contributed by atoms with Crippen LogP contribution in [0.2, 0.25) is 0 Å². The molecule has 4 atom stereocenters. The van der Waals surface area contributed by atoms with E-state index in [0.717, 1.165) is 24.1 Å². The van der Waals surface area contributed by atoms with Crippen LogP contribution in [0.5, 0.6) is 11.5 Å². The number of anilines is 1. The number of amides is 2. The van der Waals surface area contributed by atoms with E-state index in [1.54, 1.807) is 14.2 Å². The topological polar surface area (TPSA) is 82.9 Å².